The quantitative estimate of drug-likeness (QED) is 0.936. The largest absolute Gasteiger partial charge is 0.488 e. The van der Waals surface area contributed by atoms with E-state index >= 15 is 0 Å². The van der Waals surface area contributed by atoms with Crippen LogP contribution in [-0.4, -0.2) is 5.11 Å². The molecule has 0 aliphatic rings. The number of hydrogen-bond donors (Lipinski definition) is 1. The zero-order valence-corrected chi connectivity index (χ0v) is 12.0. The van der Waals surface area contributed by atoms with Gasteiger partial charge in [-0.1, -0.05) is 24.3 Å². The smallest absolute Gasteiger partial charge is 0.147 e. The van der Waals surface area contributed by atoms with Crippen LogP contribution in [0.4, 0.5) is 4.39 Å². The number of halogens is 1. The summed E-state index contributed by atoms with van der Waals surface area (Å²) in [5.74, 6) is 0.135. The standard InChI is InChI=1S/C17H16FNO2/c1-11-6-13(9-20)7-12(2)17(11)21-10-15-5-3-4-14(8-19)16(15)18/h3-7,20H,9-10H2,1-2H3. The second-order valence-corrected chi connectivity index (χ2v) is 4.90. The summed E-state index contributed by atoms with van der Waals surface area (Å²) in [4.78, 5) is 0. The minimum absolute atomic E-state index is 0.0140. The maximum atomic E-state index is 14.0. The Hall–Kier alpha value is -2.38. The van der Waals surface area contributed by atoms with Crippen LogP contribution in [-0.2, 0) is 13.2 Å². The highest BCUT2D eigenvalue weighted by atomic mass is 19.1. The minimum atomic E-state index is -0.540. The van der Waals surface area contributed by atoms with Crippen LogP contribution in [0.25, 0.3) is 0 Å². The number of rotatable bonds is 4. The molecule has 21 heavy (non-hydrogen) atoms. The number of aliphatic hydroxyl groups is 1. The van der Waals surface area contributed by atoms with Gasteiger partial charge in [0.25, 0.3) is 0 Å². The van der Waals surface area contributed by atoms with Gasteiger partial charge >= 0.3 is 0 Å². The lowest BCUT2D eigenvalue weighted by molar-refractivity contribution is 0.279. The predicted octanol–water partition coefficient (Wildman–Crippen LogP) is 3.39. The van der Waals surface area contributed by atoms with Gasteiger partial charge in [0.1, 0.15) is 24.2 Å². The first kappa shape index (κ1) is 15.0. The lowest BCUT2D eigenvalue weighted by Crippen LogP contribution is -2.03. The van der Waals surface area contributed by atoms with E-state index in [-0.39, 0.29) is 18.8 Å². The fourth-order valence-corrected chi connectivity index (χ4v) is 2.29. The van der Waals surface area contributed by atoms with E-state index < -0.39 is 5.82 Å². The van der Waals surface area contributed by atoms with Crippen molar-refractivity contribution in [3.05, 3.63) is 64.0 Å². The molecule has 0 aliphatic heterocycles. The number of nitriles is 1. The van der Waals surface area contributed by atoms with Crippen LogP contribution < -0.4 is 4.74 Å². The van der Waals surface area contributed by atoms with Crippen LogP contribution in [0, 0.1) is 31.0 Å². The van der Waals surface area contributed by atoms with E-state index in [1.807, 2.05) is 32.0 Å². The maximum absolute atomic E-state index is 14.0. The first-order valence-corrected chi connectivity index (χ1v) is 6.58. The summed E-state index contributed by atoms with van der Waals surface area (Å²) in [7, 11) is 0. The molecule has 1 N–H and O–H groups in total. The van der Waals surface area contributed by atoms with Gasteiger partial charge in [0.2, 0.25) is 0 Å². The Morgan fingerprint density at radius 3 is 2.48 bits per heavy atom. The van der Waals surface area contributed by atoms with E-state index in [1.165, 1.54) is 6.07 Å². The van der Waals surface area contributed by atoms with E-state index in [9.17, 15) is 4.39 Å². The van der Waals surface area contributed by atoms with Crippen molar-refractivity contribution in [2.75, 3.05) is 0 Å². The van der Waals surface area contributed by atoms with Gasteiger partial charge in [0.15, 0.2) is 0 Å². The Morgan fingerprint density at radius 2 is 1.90 bits per heavy atom. The summed E-state index contributed by atoms with van der Waals surface area (Å²) in [6, 6.07) is 10.2. The molecule has 2 rings (SSSR count). The first-order valence-electron chi connectivity index (χ1n) is 6.58. The molecule has 2 aromatic rings. The molecule has 0 aliphatic carbocycles. The van der Waals surface area contributed by atoms with Crippen LogP contribution in [0.1, 0.15) is 27.8 Å². The summed E-state index contributed by atoms with van der Waals surface area (Å²) >= 11 is 0. The minimum Gasteiger partial charge on any atom is -0.488 e. The Morgan fingerprint density at radius 1 is 1.24 bits per heavy atom. The average molecular weight is 285 g/mol. The number of hydrogen-bond acceptors (Lipinski definition) is 3. The van der Waals surface area contributed by atoms with Gasteiger partial charge in [-0.3, -0.25) is 0 Å². The van der Waals surface area contributed by atoms with E-state index in [4.69, 9.17) is 15.1 Å². The summed E-state index contributed by atoms with van der Waals surface area (Å²) in [6.45, 7) is 3.79. The van der Waals surface area contributed by atoms with Gasteiger partial charge in [0, 0.05) is 5.56 Å². The fourth-order valence-electron chi connectivity index (χ4n) is 2.29. The molecule has 0 aromatic heterocycles. The lowest BCUT2D eigenvalue weighted by atomic mass is 10.1. The zero-order valence-electron chi connectivity index (χ0n) is 12.0. The van der Waals surface area contributed by atoms with Crippen LogP contribution >= 0.6 is 0 Å². The third-order valence-electron chi connectivity index (χ3n) is 3.27. The van der Waals surface area contributed by atoms with Gasteiger partial charge in [-0.05, 0) is 36.6 Å². The number of benzene rings is 2. The Bertz CT molecular complexity index is 681. The van der Waals surface area contributed by atoms with Crippen molar-refractivity contribution in [1.82, 2.24) is 0 Å². The average Bonchev–Trinajstić information content (AvgIpc) is 2.47. The fraction of sp³-hybridized carbons (Fsp3) is 0.235. The van der Waals surface area contributed by atoms with Gasteiger partial charge in [0.05, 0.1) is 12.2 Å². The summed E-state index contributed by atoms with van der Waals surface area (Å²) in [5.41, 5.74) is 2.95. The van der Waals surface area contributed by atoms with Crippen LogP contribution in [0.5, 0.6) is 5.75 Å². The van der Waals surface area contributed by atoms with E-state index in [0.29, 0.717) is 11.3 Å². The molecule has 0 spiro atoms. The van der Waals surface area contributed by atoms with Crippen molar-refractivity contribution in [2.45, 2.75) is 27.1 Å². The Kier molecular flexibility index (Phi) is 4.56. The number of aliphatic hydroxyl groups excluding tert-OH is 1. The van der Waals surface area contributed by atoms with Crippen molar-refractivity contribution in [3.8, 4) is 11.8 Å². The third kappa shape index (κ3) is 3.21. The predicted molar refractivity (Wildman–Crippen MR) is 77.3 cm³/mol. The van der Waals surface area contributed by atoms with Crippen molar-refractivity contribution >= 4 is 0 Å². The molecule has 0 atom stereocenters. The van der Waals surface area contributed by atoms with Gasteiger partial charge in [-0.15, -0.1) is 0 Å². The molecule has 0 heterocycles. The van der Waals surface area contributed by atoms with Crippen LogP contribution in [0.15, 0.2) is 30.3 Å². The highest BCUT2D eigenvalue weighted by Crippen LogP contribution is 2.26. The molecule has 4 heteroatoms. The maximum Gasteiger partial charge on any atom is 0.147 e. The van der Waals surface area contributed by atoms with Gasteiger partial charge in [-0.2, -0.15) is 5.26 Å². The van der Waals surface area contributed by atoms with E-state index in [1.54, 1.807) is 12.1 Å². The number of aryl methyl sites for hydroxylation is 2. The zero-order chi connectivity index (χ0) is 15.4. The monoisotopic (exact) mass is 285 g/mol. The van der Waals surface area contributed by atoms with Crippen LogP contribution in [0.2, 0.25) is 0 Å². The van der Waals surface area contributed by atoms with Crippen molar-refractivity contribution in [1.29, 1.82) is 5.26 Å². The highest BCUT2D eigenvalue weighted by Gasteiger charge is 2.11. The van der Waals surface area contributed by atoms with Gasteiger partial charge < -0.3 is 9.84 Å². The molecule has 3 nitrogen and oxygen atoms in total. The molecule has 0 bridgehead atoms. The van der Waals surface area contributed by atoms with Crippen molar-refractivity contribution in [2.24, 2.45) is 0 Å². The topological polar surface area (TPSA) is 53.2 Å². The van der Waals surface area contributed by atoms with Crippen molar-refractivity contribution in [3.63, 3.8) is 0 Å². The molecule has 0 amide bonds. The summed E-state index contributed by atoms with van der Waals surface area (Å²) in [5, 5.41) is 18.0. The number of ether oxygens (including phenoxy) is 1. The summed E-state index contributed by atoms with van der Waals surface area (Å²) in [6.07, 6.45) is 0. The molecule has 0 saturated carbocycles. The van der Waals surface area contributed by atoms with Gasteiger partial charge in [-0.25, -0.2) is 4.39 Å². The second kappa shape index (κ2) is 6.38. The van der Waals surface area contributed by atoms with E-state index in [2.05, 4.69) is 0 Å². The third-order valence-corrected chi connectivity index (χ3v) is 3.27. The SMILES string of the molecule is Cc1cc(CO)cc(C)c1OCc1cccc(C#N)c1F. The van der Waals surface area contributed by atoms with E-state index in [0.717, 1.165) is 16.7 Å². The van der Waals surface area contributed by atoms with Crippen molar-refractivity contribution < 1.29 is 14.2 Å². The lowest BCUT2D eigenvalue weighted by Gasteiger charge is -2.14. The molecular weight excluding hydrogens is 269 g/mol. The molecular formula is C17H16FNO2. The molecule has 0 unspecified atom stereocenters. The van der Waals surface area contributed by atoms with Crippen LogP contribution in [0.3, 0.4) is 0 Å². The molecule has 108 valence electrons. The highest BCUT2D eigenvalue weighted by molar-refractivity contribution is 5.43. The normalized spacial score (nSPS) is 10.2. The first-order chi connectivity index (χ1) is 10.1. The summed E-state index contributed by atoms with van der Waals surface area (Å²) < 4.78 is 19.7. The molecule has 2 aromatic carbocycles. The Balaban J connectivity index is 2.23. The molecule has 0 fully saturated rings. The molecule has 0 radical (unpaired) electrons. The second-order valence-electron chi connectivity index (χ2n) is 4.90. The molecule has 0 saturated heterocycles. The Labute approximate surface area is 123 Å². The number of nitrogens with zero attached hydrogens (tertiary/aromatic N) is 1.